The zero-order chi connectivity index (χ0) is 15.9. The topological polar surface area (TPSA) is 98.9 Å². The quantitative estimate of drug-likeness (QED) is 0.625. The summed E-state index contributed by atoms with van der Waals surface area (Å²) in [6.45, 7) is 1.82. The number of fused-ring (bicyclic) bond motifs is 1. The first kappa shape index (κ1) is 14.2. The highest BCUT2D eigenvalue weighted by Crippen LogP contribution is 2.31. The third kappa shape index (κ3) is 2.33. The van der Waals surface area contributed by atoms with Gasteiger partial charge in [-0.3, -0.25) is 10.1 Å². The van der Waals surface area contributed by atoms with Crippen molar-refractivity contribution in [3.05, 3.63) is 63.7 Å². The number of sulfonamides is 1. The molecule has 8 heteroatoms. The van der Waals surface area contributed by atoms with E-state index in [2.05, 4.69) is 4.40 Å². The van der Waals surface area contributed by atoms with Gasteiger partial charge < -0.3 is 4.74 Å². The molecule has 0 spiro atoms. The Balaban J connectivity index is 2.07. The van der Waals surface area contributed by atoms with Crippen LogP contribution in [0.1, 0.15) is 11.1 Å². The van der Waals surface area contributed by atoms with Gasteiger partial charge in [0, 0.05) is 12.1 Å². The number of non-ortho nitro benzene ring substituents is 1. The van der Waals surface area contributed by atoms with Crippen molar-refractivity contribution >= 4 is 21.6 Å². The second kappa shape index (κ2) is 4.92. The van der Waals surface area contributed by atoms with Crippen LogP contribution < -0.4 is 4.74 Å². The molecule has 2 aromatic carbocycles. The normalized spacial score (nSPS) is 15.0. The number of nitro benzene ring substituents is 1. The van der Waals surface area contributed by atoms with Crippen LogP contribution in [0.25, 0.3) is 0 Å². The SMILES string of the molecule is Cc1ccccc1OC1=NS(=O)(=O)c2cc([N+](=O)[O-])ccc21. The van der Waals surface area contributed by atoms with E-state index in [9.17, 15) is 18.5 Å². The summed E-state index contributed by atoms with van der Waals surface area (Å²) >= 11 is 0. The number of ether oxygens (including phenoxy) is 1. The highest BCUT2D eigenvalue weighted by Gasteiger charge is 2.32. The van der Waals surface area contributed by atoms with Crippen LogP contribution >= 0.6 is 0 Å². The van der Waals surface area contributed by atoms with E-state index in [1.54, 1.807) is 12.1 Å². The molecule has 0 aromatic heterocycles. The van der Waals surface area contributed by atoms with Gasteiger partial charge in [-0.1, -0.05) is 18.2 Å². The Morgan fingerprint density at radius 3 is 2.59 bits per heavy atom. The molecule has 0 saturated carbocycles. The molecule has 2 aromatic rings. The largest absolute Gasteiger partial charge is 0.437 e. The summed E-state index contributed by atoms with van der Waals surface area (Å²) in [7, 11) is -3.99. The van der Waals surface area contributed by atoms with Crippen LogP contribution in [-0.2, 0) is 10.0 Å². The average molecular weight is 318 g/mol. The Morgan fingerprint density at radius 2 is 1.91 bits per heavy atom. The second-order valence-corrected chi connectivity index (χ2v) is 6.25. The van der Waals surface area contributed by atoms with Gasteiger partial charge >= 0.3 is 0 Å². The van der Waals surface area contributed by atoms with Crippen molar-refractivity contribution in [2.24, 2.45) is 4.40 Å². The molecule has 0 N–H and O–H groups in total. The number of hydrogen-bond donors (Lipinski definition) is 0. The first-order valence-corrected chi connectivity index (χ1v) is 7.70. The lowest BCUT2D eigenvalue weighted by Crippen LogP contribution is -2.08. The van der Waals surface area contributed by atoms with Crippen molar-refractivity contribution in [3.8, 4) is 5.75 Å². The number of aryl methyl sites for hydroxylation is 1. The predicted octanol–water partition coefficient (Wildman–Crippen LogP) is 2.43. The van der Waals surface area contributed by atoms with Gasteiger partial charge in [-0.2, -0.15) is 8.42 Å². The molecule has 0 bridgehead atoms. The zero-order valence-electron chi connectivity index (χ0n) is 11.4. The fourth-order valence-electron chi connectivity index (χ4n) is 2.07. The van der Waals surface area contributed by atoms with E-state index in [1.807, 2.05) is 19.1 Å². The molecule has 0 amide bonds. The van der Waals surface area contributed by atoms with Crippen molar-refractivity contribution in [2.75, 3.05) is 0 Å². The molecule has 7 nitrogen and oxygen atoms in total. The molecule has 1 aliphatic heterocycles. The van der Waals surface area contributed by atoms with E-state index >= 15 is 0 Å². The van der Waals surface area contributed by atoms with Gasteiger partial charge in [0.1, 0.15) is 10.6 Å². The van der Waals surface area contributed by atoms with Gasteiger partial charge in [0.2, 0.25) is 5.90 Å². The molecule has 0 radical (unpaired) electrons. The maximum atomic E-state index is 12.0. The Morgan fingerprint density at radius 1 is 1.18 bits per heavy atom. The molecule has 112 valence electrons. The molecule has 22 heavy (non-hydrogen) atoms. The summed E-state index contributed by atoms with van der Waals surface area (Å²) in [6.07, 6.45) is 0. The molecule has 1 heterocycles. The maximum Gasteiger partial charge on any atom is 0.286 e. The van der Waals surface area contributed by atoms with Crippen molar-refractivity contribution in [1.29, 1.82) is 0 Å². The Labute approximate surface area is 126 Å². The highest BCUT2D eigenvalue weighted by atomic mass is 32.2. The minimum absolute atomic E-state index is 0.0841. The lowest BCUT2D eigenvalue weighted by atomic mass is 10.2. The average Bonchev–Trinajstić information content (AvgIpc) is 2.72. The van der Waals surface area contributed by atoms with E-state index in [0.29, 0.717) is 5.75 Å². The van der Waals surface area contributed by atoms with Gasteiger partial charge in [-0.25, -0.2) is 0 Å². The minimum atomic E-state index is -3.99. The van der Waals surface area contributed by atoms with E-state index in [4.69, 9.17) is 4.74 Å². The zero-order valence-corrected chi connectivity index (χ0v) is 12.2. The number of rotatable bonds is 2. The van der Waals surface area contributed by atoms with Crippen molar-refractivity contribution in [1.82, 2.24) is 0 Å². The molecular formula is C14H10N2O5S. The molecule has 0 aliphatic carbocycles. The van der Waals surface area contributed by atoms with Gasteiger partial charge in [-0.05, 0) is 24.6 Å². The Bertz CT molecular complexity index is 919. The fraction of sp³-hybridized carbons (Fsp3) is 0.0714. The number of hydrogen-bond acceptors (Lipinski definition) is 5. The molecule has 3 rings (SSSR count). The van der Waals surface area contributed by atoms with Gasteiger partial charge in [-0.15, -0.1) is 4.40 Å². The van der Waals surface area contributed by atoms with Crippen molar-refractivity contribution < 1.29 is 18.1 Å². The number of benzene rings is 2. The van der Waals surface area contributed by atoms with Crippen LogP contribution in [-0.4, -0.2) is 19.2 Å². The third-order valence-electron chi connectivity index (χ3n) is 3.19. The molecule has 0 saturated heterocycles. The van der Waals surface area contributed by atoms with Crippen molar-refractivity contribution in [3.63, 3.8) is 0 Å². The smallest absolute Gasteiger partial charge is 0.286 e. The van der Waals surface area contributed by atoms with Crippen LogP contribution in [0, 0.1) is 17.0 Å². The van der Waals surface area contributed by atoms with Crippen LogP contribution in [0.2, 0.25) is 0 Å². The molecule has 1 aliphatic rings. The van der Waals surface area contributed by atoms with E-state index in [1.165, 1.54) is 12.1 Å². The summed E-state index contributed by atoms with van der Waals surface area (Å²) in [5, 5.41) is 10.8. The summed E-state index contributed by atoms with van der Waals surface area (Å²) in [5.41, 5.74) is 0.724. The Hall–Kier alpha value is -2.74. The summed E-state index contributed by atoms with van der Waals surface area (Å²) in [6, 6.07) is 10.6. The fourth-order valence-corrected chi connectivity index (χ4v) is 3.23. The van der Waals surface area contributed by atoms with Crippen LogP contribution in [0.5, 0.6) is 5.75 Å². The predicted molar refractivity (Wildman–Crippen MR) is 78.6 cm³/mol. The van der Waals surface area contributed by atoms with Gasteiger partial charge in [0.25, 0.3) is 15.7 Å². The van der Waals surface area contributed by atoms with E-state index in [0.717, 1.165) is 11.6 Å². The van der Waals surface area contributed by atoms with Crippen LogP contribution in [0.3, 0.4) is 0 Å². The standard InChI is InChI=1S/C14H10N2O5S/c1-9-4-2-3-5-12(9)21-14-11-7-6-10(16(17)18)8-13(11)22(19,20)15-14/h2-8H,1H3. The van der Waals surface area contributed by atoms with Crippen molar-refractivity contribution in [2.45, 2.75) is 11.8 Å². The molecule has 0 atom stereocenters. The number of nitrogens with zero attached hydrogens (tertiary/aromatic N) is 2. The lowest BCUT2D eigenvalue weighted by Gasteiger charge is -2.07. The Kier molecular flexibility index (Phi) is 3.18. The van der Waals surface area contributed by atoms with Crippen LogP contribution in [0.15, 0.2) is 51.8 Å². The number of nitro groups is 1. The first-order valence-electron chi connectivity index (χ1n) is 6.26. The van der Waals surface area contributed by atoms with Gasteiger partial charge in [0.05, 0.1) is 10.5 Å². The minimum Gasteiger partial charge on any atom is -0.437 e. The summed E-state index contributed by atoms with van der Waals surface area (Å²) < 4.78 is 33.2. The number of para-hydroxylation sites is 1. The molecular weight excluding hydrogens is 308 g/mol. The highest BCUT2D eigenvalue weighted by molar-refractivity contribution is 7.90. The van der Waals surface area contributed by atoms with E-state index < -0.39 is 14.9 Å². The molecule has 0 fully saturated rings. The van der Waals surface area contributed by atoms with Gasteiger partial charge in [0.15, 0.2) is 0 Å². The van der Waals surface area contributed by atoms with E-state index in [-0.39, 0.29) is 22.0 Å². The second-order valence-electron chi connectivity index (χ2n) is 4.68. The maximum absolute atomic E-state index is 12.0. The molecule has 0 unspecified atom stereocenters. The summed E-state index contributed by atoms with van der Waals surface area (Å²) in [5.74, 6) is 0.391. The monoisotopic (exact) mass is 318 g/mol. The first-order chi connectivity index (χ1) is 10.4. The summed E-state index contributed by atoms with van der Waals surface area (Å²) in [4.78, 5) is 9.90. The third-order valence-corrected chi connectivity index (χ3v) is 4.49. The lowest BCUT2D eigenvalue weighted by molar-refractivity contribution is -0.385. The van der Waals surface area contributed by atoms with Crippen LogP contribution in [0.4, 0.5) is 5.69 Å².